The monoisotopic (exact) mass is 349 g/mol. The van der Waals surface area contributed by atoms with Gasteiger partial charge in [-0.2, -0.15) is 4.98 Å². The number of nitrogens with zero attached hydrogens (tertiary/aromatic N) is 2. The highest BCUT2D eigenvalue weighted by Gasteiger charge is 2.23. The Kier molecular flexibility index (Phi) is 4.89. The second-order valence-corrected chi connectivity index (χ2v) is 7.33. The highest BCUT2D eigenvalue weighted by molar-refractivity contribution is 5.99. The van der Waals surface area contributed by atoms with Gasteiger partial charge in [0.15, 0.2) is 5.82 Å². The fraction of sp³-hybridized carbons (Fsp3) is 0.286. The van der Waals surface area contributed by atoms with Gasteiger partial charge >= 0.3 is 0 Å². The van der Waals surface area contributed by atoms with E-state index in [1.54, 1.807) is 6.07 Å². The smallest absolute Gasteiger partial charge is 0.258 e. The van der Waals surface area contributed by atoms with Crippen LogP contribution in [0.4, 0.5) is 0 Å². The summed E-state index contributed by atoms with van der Waals surface area (Å²) in [6.45, 7) is 8.55. The third kappa shape index (κ3) is 3.82. The van der Waals surface area contributed by atoms with E-state index in [1.165, 1.54) is 0 Å². The Balaban J connectivity index is 1.84. The van der Waals surface area contributed by atoms with Gasteiger partial charge in [-0.05, 0) is 30.2 Å². The van der Waals surface area contributed by atoms with Gasteiger partial charge < -0.3 is 9.84 Å². The number of aromatic nitrogens is 2. The van der Waals surface area contributed by atoms with Crippen LogP contribution in [0.15, 0.2) is 53.1 Å². The third-order valence-corrected chi connectivity index (χ3v) is 4.20. The minimum absolute atomic E-state index is 0.167. The SMILES string of the molecule is Cc1ccccc1CNC(=O)c1ccccc1-c1nc(C(C)(C)C)no1. The van der Waals surface area contributed by atoms with Crippen molar-refractivity contribution in [3.8, 4) is 11.5 Å². The molecule has 0 bridgehead atoms. The van der Waals surface area contributed by atoms with Crippen LogP contribution < -0.4 is 5.32 Å². The number of carbonyl (C=O) groups excluding carboxylic acids is 1. The first-order valence-electron chi connectivity index (χ1n) is 8.62. The highest BCUT2D eigenvalue weighted by Crippen LogP contribution is 2.26. The number of nitrogens with one attached hydrogen (secondary N) is 1. The molecule has 0 aliphatic carbocycles. The molecule has 1 N–H and O–H groups in total. The molecule has 5 nitrogen and oxygen atoms in total. The largest absolute Gasteiger partial charge is 0.348 e. The molecule has 0 radical (unpaired) electrons. The maximum atomic E-state index is 12.7. The minimum Gasteiger partial charge on any atom is -0.348 e. The number of amides is 1. The average Bonchev–Trinajstić information content (AvgIpc) is 3.11. The molecule has 2 aromatic carbocycles. The summed E-state index contributed by atoms with van der Waals surface area (Å²) >= 11 is 0. The van der Waals surface area contributed by atoms with Crippen molar-refractivity contribution in [1.82, 2.24) is 15.5 Å². The lowest BCUT2D eigenvalue weighted by Gasteiger charge is -2.11. The quantitative estimate of drug-likeness (QED) is 0.764. The van der Waals surface area contributed by atoms with E-state index >= 15 is 0 Å². The van der Waals surface area contributed by atoms with Crippen molar-refractivity contribution in [2.45, 2.75) is 39.7 Å². The van der Waals surface area contributed by atoms with Crippen molar-refractivity contribution in [2.75, 3.05) is 0 Å². The van der Waals surface area contributed by atoms with Gasteiger partial charge in [-0.15, -0.1) is 0 Å². The van der Waals surface area contributed by atoms with Gasteiger partial charge in [0, 0.05) is 12.0 Å². The molecule has 0 fully saturated rings. The first-order valence-corrected chi connectivity index (χ1v) is 8.62. The number of hydrogen-bond acceptors (Lipinski definition) is 4. The zero-order chi connectivity index (χ0) is 18.7. The Morgan fingerprint density at radius 3 is 2.46 bits per heavy atom. The van der Waals surface area contributed by atoms with Gasteiger partial charge in [-0.1, -0.05) is 62.3 Å². The molecular formula is C21H23N3O2. The van der Waals surface area contributed by atoms with E-state index in [0.29, 0.717) is 29.4 Å². The summed E-state index contributed by atoms with van der Waals surface area (Å²) in [5.41, 5.74) is 3.17. The van der Waals surface area contributed by atoms with Crippen LogP contribution in [0.2, 0.25) is 0 Å². The highest BCUT2D eigenvalue weighted by atomic mass is 16.5. The van der Waals surface area contributed by atoms with Crippen molar-refractivity contribution in [2.24, 2.45) is 0 Å². The molecule has 26 heavy (non-hydrogen) atoms. The molecule has 1 amide bonds. The summed E-state index contributed by atoms with van der Waals surface area (Å²) in [4.78, 5) is 17.2. The minimum atomic E-state index is -0.218. The second kappa shape index (κ2) is 7.12. The predicted octanol–water partition coefficient (Wildman–Crippen LogP) is 4.27. The molecule has 3 aromatic rings. The van der Waals surface area contributed by atoms with Gasteiger partial charge in [0.05, 0.1) is 11.1 Å². The van der Waals surface area contributed by atoms with E-state index in [-0.39, 0.29) is 11.3 Å². The number of aryl methyl sites for hydroxylation is 1. The summed E-state index contributed by atoms with van der Waals surface area (Å²) in [7, 11) is 0. The maximum absolute atomic E-state index is 12.7. The third-order valence-electron chi connectivity index (χ3n) is 4.20. The number of carbonyl (C=O) groups is 1. The average molecular weight is 349 g/mol. The summed E-state index contributed by atoms with van der Waals surface area (Å²) < 4.78 is 5.41. The summed E-state index contributed by atoms with van der Waals surface area (Å²) in [5, 5.41) is 7.03. The van der Waals surface area contributed by atoms with Crippen LogP contribution in [-0.2, 0) is 12.0 Å². The summed E-state index contributed by atoms with van der Waals surface area (Å²) in [6.07, 6.45) is 0. The van der Waals surface area contributed by atoms with Gasteiger partial charge in [0.1, 0.15) is 0 Å². The summed E-state index contributed by atoms with van der Waals surface area (Å²) in [6, 6.07) is 15.3. The molecule has 0 atom stereocenters. The lowest BCUT2D eigenvalue weighted by Crippen LogP contribution is -2.23. The summed E-state index contributed by atoms with van der Waals surface area (Å²) in [5.74, 6) is 0.804. The normalized spacial score (nSPS) is 11.4. The maximum Gasteiger partial charge on any atom is 0.258 e. The van der Waals surface area contributed by atoms with Crippen LogP contribution in [0, 0.1) is 6.92 Å². The van der Waals surface area contributed by atoms with Crippen molar-refractivity contribution >= 4 is 5.91 Å². The van der Waals surface area contributed by atoms with Gasteiger partial charge in [-0.3, -0.25) is 4.79 Å². The lowest BCUT2D eigenvalue weighted by molar-refractivity contribution is 0.0951. The molecular weight excluding hydrogens is 326 g/mol. The van der Waals surface area contributed by atoms with E-state index < -0.39 is 0 Å². The zero-order valence-electron chi connectivity index (χ0n) is 15.5. The number of benzene rings is 2. The number of hydrogen-bond donors (Lipinski definition) is 1. The van der Waals surface area contributed by atoms with Crippen molar-refractivity contribution in [3.63, 3.8) is 0 Å². The van der Waals surface area contributed by atoms with Crippen molar-refractivity contribution in [3.05, 3.63) is 71.0 Å². The molecule has 0 spiro atoms. The van der Waals surface area contributed by atoms with E-state index in [9.17, 15) is 4.79 Å². The van der Waals surface area contributed by atoms with E-state index in [0.717, 1.165) is 11.1 Å². The first-order chi connectivity index (χ1) is 12.4. The van der Waals surface area contributed by atoms with Crippen molar-refractivity contribution < 1.29 is 9.32 Å². The first kappa shape index (κ1) is 17.9. The lowest BCUT2D eigenvalue weighted by atomic mass is 9.96. The molecule has 0 unspecified atom stereocenters. The van der Waals surface area contributed by atoms with Crippen LogP contribution in [0.1, 0.15) is 48.1 Å². The van der Waals surface area contributed by atoms with E-state index in [1.807, 2.05) is 70.2 Å². The van der Waals surface area contributed by atoms with E-state index in [2.05, 4.69) is 15.5 Å². The topological polar surface area (TPSA) is 68.0 Å². The molecule has 134 valence electrons. The van der Waals surface area contributed by atoms with Crippen LogP contribution in [0.5, 0.6) is 0 Å². The fourth-order valence-corrected chi connectivity index (χ4v) is 2.58. The molecule has 0 saturated carbocycles. The Morgan fingerprint density at radius 1 is 1.08 bits per heavy atom. The van der Waals surface area contributed by atoms with Crippen LogP contribution >= 0.6 is 0 Å². The second-order valence-electron chi connectivity index (χ2n) is 7.33. The van der Waals surface area contributed by atoms with Crippen LogP contribution in [0.25, 0.3) is 11.5 Å². The molecule has 1 heterocycles. The molecule has 3 rings (SSSR count). The Morgan fingerprint density at radius 2 is 1.77 bits per heavy atom. The van der Waals surface area contributed by atoms with Gasteiger partial charge in [0.25, 0.3) is 11.8 Å². The molecule has 5 heteroatoms. The Bertz CT molecular complexity index is 923. The van der Waals surface area contributed by atoms with Gasteiger partial charge in [-0.25, -0.2) is 0 Å². The van der Waals surface area contributed by atoms with Crippen LogP contribution in [0.3, 0.4) is 0 Å². The molecule has 0 aliphatic heterocycles. The Hall–Kier alpha value is -2.95. The fourth-order valence-electron chi connectivity index (χ4n) is 2.58. The Labute approximate surface area is 153 Å². The molecule has 1 aromatic heterocycles. The molecule has 0 saturated heterocycles. The van der Waals surface area contributed by atoms with Crippen molar-refractivity contribution in [1.29, 1.82) is 0 Å². The molecule has 0 aliphatic rings. The zero-order valence-corrected chi connectivity index (χ0v) is 15.5. The number of rotatable bonds is 4. The predicted molar refractivity (Wildman–Crippen MR) is 101 cm³/mol. The van der Waals surface area contributed by atoms with Crippen LogP contribution in [-0.4, -0.2) is 16.0 Å². The van der Waals surface area contributed by atoms with E-state index in [4.69, 9.17) is 4.52 Å². The standard InChI is InChI=1S/C21H23N3O2/c1-14-9-5-6-10-15(14)13-22-18(25)16-11-7-8-12-17(16)19-23-20(24-26-19)21(2,3)4/h5-12H,13H2,1-4H3,(H,22,25). The van der Waals surface area contributed by atoms with Gasteiger partial charge in [0.2, 0.25) is 0 Å².